The van der Waals surface area contributed by atoms with E-state index in [0.717, 1.165) is 57.9 Å². The highest BCUT2D eigenvalue weighted by atomic mass is 14.8. The molecule has 6 aromatic rings. The van der Waals surface area contributed by atoms with Gasteiger partial charge in [0.25, 0.3) is 0 Å². The maximum atomic E-state index is 5.17. The molecule has 0 saturated heterocycles. The van der Waals surface area contributed by atoms with Crippen molar-refractivity contribution < 1.29 is 0 Å². The molecule has 1 saturated carbocycles. The van der Waals surface area contributed by atoms with Crippen molar-refractivity contribution in [1.82, 2.24) is 0 Å². The average Bonchev–Trinajstić information content (AvgIpc) is 3.15. The molecule has 46 heavy (non-hydrogen) atoms. The summed E-state index contributed by atoms with van der Waals surface area (Å²) in [7, 11) is 0. The molecule has 0 bridgehead atoms. The Morgan fingerprint density at radius 1 is 0.348 bits per heavy atom. The van der Waals surface area contributed by atoms with E-state index in [9.17, 15) is 0 Å². The van der Waals surface area contributed by atoms with Crippen LogP contribution in [0, 0.1) is 0 Å². The summed E-state index contributed by atoms with van der Waals surface area (Å²) in [6.45, 7) is 0. The van der Waals surface area contributed by atoms with Crippen molar-refractivity contribution in [1.29, 1.82) is 0 Å². The number of benzene rings is 6. The Labute approximate surface area is 272 Å². The van der Waals surface area contributed by atoms with Gasteiger partial charge in [-0.25, -0.2) is 9.98 Å². The molecule has 2 heteroatoms. The smallest absolute Gasteiger partial charge is 0.0781 e. The molecule has 2 nitrogen and oxygen atoms in total. The van der Waals surface area contributed by atoms with E-state index in [1.807, 2.05) is 0 Å². The Bertz CT molecular complexity index is 1680. The Morgan fingerprint density at radius 3 is 0.957 bits per heavy atom. The molecular formula is C44H38N2. The van der Waals surface area contributed by atoms with Gasteiger partial charge in [0.2, 0.25) is 0 Å². The molecule has 0 N–H and O–H groups in total. The van der Waals surface area contributed by atoms with Gasteiger partial charge in [0.1, 0.15) is 0 Å². The van der Waals surface area contributed by atoms with Gasteiger partial charge >= 0.3 is 0 Å². The molecule has 1 fully saturated rings. The summed E-state index contributed by atoms with van der Waals surface area (Å²) < 4.78 is 0. The summed E-state index contributed by atoms with van der Waals surface area (Å²) in [5.41, 5.74) is 11.1. The Morgan fingerprint density at radius 2 is 0.652 bits per heavy atom. The lowest BCUT2D eigenvalue weighted by Crippen LogP contribution is -2.30. The number of nitrogens with zero attached hydrogens (tertiary/aromatic N) is 2. The van der Waals surface area contributed by atoms with Gasteiger partial charge in [-0.05, 0) is 48.2 Å². The van der Waals surface area contributed by atoms with Crippen LogP contribution in [-0.2, 0) is 5.41 Å². The molecule has 0 unspecified atom stereocenters. The molecule has 0 amide bonds. The predicted octanol–water partition coefficient (Wildman–Crippen LogP) is 11.3. The van der Waals surface area contributed by atoms with E-state index in [-0.39, 0.29) is 5.41 Å². The van der Waals surface area contributed by atoms with Crippen molar-refractivity contribution in [3.05, 3.63) is 203 Å². The van der Waals surface area contributed by atoms with Crippen molar-refractivity contribution in [2.45, 2.75) is 37.5 Å². The zero-order chi connectivity index (χ0) is 31.0. The normalized spacial score (nSPS) is 13.8. The molecule has 224 valence electrons. The summed E-state index contributed by atoms with van der Waals surface area (Å²) in [5.74, 6) is 0. The fourth-order valence-corrected chi connectivity index (χ4v) is 6.84. The molecule has 0 heterocycles. The van der Waals surface area contributed by atoms with E-state index in [4.69, 9.17) is 9.98 Å². The zero-order valence-corrected chi connectivity index (χ0v) is 26.1. The second-order valence-corrected chi connectivity index (χ2v) is 12.1. The van der Waals surface area contributed by atoms with E-state index < -0.39 is 0 Å². The van der Waals surface area contributed by atoms with Crippen molar-refractivity contribution in [2.24, 2.45) is 9.98 Å². The van der Waals surface area contributed by atoms with Crippen LogP contribution in [0.5, 0.6) is 0 Å². The highest BCUT2D eigenvalue weighted by molar-refractivity contribution is 6.14. The van der Waals surface area contributed by atoms with Crippen LogP contribution in [0.15, 0.2) is 180 Å². The van der Waals surface area contributed by atoms with Crippen LogP contribution in [-0.4, -0.2) is 11.4 Å². The van der Waals surface area contributed by atoms with Gasteiger partial charge in [-0.2, -0.15) is 0 Å². The second-order valence-electron chi connectivity index (χ2n) is 12.1. The van der Waals surface area contributed by atoms with Gasteiger partial charge in [0.05, 0.1) is 22.8 Å². The third-order valence-corrected chi connectivity index (χ3v) is 9.22. The van der Waals surface area contributed by atoms with E-state index in [1.165, 1.54) is 30.4 Å². The van der Waals surface area contributed by atoms with Crippen molar-refractivity contribution in [2.75, 3.05) is 0 Å². The van der Waals surface area contributed by atoms with E-state index >= 15 is 0 Å². The standard InChI is InChI=1S/C44H38N2/c1-6-16-34(17-7-1)42(35-18-8-2-9-19-35)45-40-28-24-38(25-29-40)44(32-14-5-15-33-44)39-26-30-41(31-27-39)46-43(36-20-10-3-11-21-36)37-22-12-4-13-23-37/h1-4,6-13,16-31H,5,14-15,32-33H2. The first-order valence-electron chi connectivity index (χ1n) is 16.4. The van der Waals surface area contributed by atoms with Crippen molar-refractivity contribution in [3.8, 4) is 0 Å². The van der Waals surface area contributed by atoms with Gasteiger partial charge in [0, 0.05) is 27.7 Å². The lowest BCUT2D eigenvalue weighted by Gasteiger charge is -2.38. The van der Waals surface area contributed by atoms with Gasteiger partial charge in [-0.1, -0.05) is 165 Å². The number of rotatable bonds is 8. The van der Waals surface area contributed by atoms with E-state index in [2.05, 4.69) is 170 Å². The summed E-state index contributed by atoms with van der Waals surface area (Å²) in [6.07, 6.45) is 6.06. The fourth-order valence-electron chi connectivity index (χ4n) is 6.84. The van der Waals surface area contributed by atoms with Gasteiger partial charge < -0.3 is 0 Å². The zero-order valence-electron chi connectivity index (χ0n) is 26.1. The van der Waals surface area contributed by atoms with Crippen molar-refractivity contribution >= 4 is 22.8 Å². The summed E-state index contributed by atoms with van der Waals surface area (Å²) >= 11 is 0. The summed E-state index contributed by atoms with van der Waals surface area (Å²) in [6, 6.07) is 59.9. The molecule has 0 aliphatic heterocycles. The van der Waals surface area contributed by atoms with Crippen LogP contribution in [0.25, 0.3) is 0 Å². The largest absolute Gasteiger partial charge is 0.248 e. The molecule has 0 aromatic heterocycles. The monoisotopic (exact) mass is 594 g/mol. The predicted molar refractivity (Wildman–Crippen MR) is 193 cm³/mol. The fraction of sp³-hybridized carbons (Fsp3) is 0.136. The molecule has 6 aromatic carbocycles. The third kappa shape index (κ3) is 6.39. The van der Waals surface area contributed by atoms with E-state index in [1.54, 1.807) is 0 Å². The van der Waals surface area contributed by atoms with E-state index in [0.29, 0.717) is 0 Å². The molecule has 1 aliphatic rings. The first-order chi connectivity index (χ1) is 22.8. The average molecular weight is 595 g/mol. The minimum atomic E-state index is -0.00782. The second kappa shape index (κ2) is 13.7. The molecule has 7 rings (SSSR count). The lowest BCUT2D eigenvalue weighted by molar-refractivity contribution is 0.346. The minimum absolute atomic E-state index is 0.00782. The van der Waals surface area contributed by atoms with Crippen LogP contribution in [0.2, 0.25) is 0 Å². The number of aliphatic imine (C=N–C) groups is 2. The molecule has 1 aliphatic carbocycles. The molecule has 0 radical (unpaired) electrons. The number of hydrogen-bond acceptors (Lipinski definition) is 2. The minimum Gasteiger partial charge on any atom is -0.248 e. The maximum absolute atomic E-state index is 5.17. The number of hydrogen-bond donors (Lipinski definition) is 0. The van der Waals surface area contributed by atoms with Crippen molar-refractivity contribution in [3.63, 3.8) is 0 Å². The van der Waals surface area contributed by atoms with Crippen LogP contribution >= 0.6 is 0 Å². The van der Waals surface area contributed by atoms with Crippen LogP contribution in [0.4, 0.5) is 11.4 Å². The lowest BCUT2D eigenvalue weighted by atomic mass is 9.65. The highest BCUT2D eigenvalue weighted by Crippen LogP contribution is 2.45. The third-order valence-electron chi connectivity index (χ3n) is 9.22. The maximum Gasteiger partial charge on any atom is 0.0781 e. The summed E-state index contributed by atoms with van der Waals surface area (Å²) in [5, 5.41) is 0. The van der Waals surface area contributed by atoms with Crippen LogP contribution < -0.4 is 0 Å². The Kier molecular flexibility index (Phi) is 8.78. The topological polar surface area (TPSA) is 24.7 Å². The van der Waals surface area contributed by atoms with Crippen LogP contribution in [0.3, 0.4) is 0 Å². The highest BCUT2D eigenvalue weighted by Gasteiger charge is 2.35. The summed E-state index contributed by atoms with van der Waals surface area (Å²) in [4.78, 5) is 10.3. The molecular weight excluding hydrogens is 556 g/mol. The van der Waals surface area contributed by atoms with Gasteiger partial charge in [-0.15, -0.1) is 0 Å². The SMILES string of the molecule is c1ccc(C(=Nc2ccc(C3(c4ccc(N=C(c5ccccc5)c5ccccc5)cc4)CCCCC3)cc2)c2ccccc2)cc1. The first-order valence-corrected chi connectivity index (χ1v) is 16.4. The van der Waals surface area contributed by atoms with Crippen LogP contribution in [0.1, 0.15) is 65.5 Å². The Balaban J connectivity index is 1.22. The Hall–Kier alpha value is -5.34. The van der Waals surface area contributed by atoms with Gasteiger partial charge in [-0.3, -0.25) is 0 Å². The first kappa shape index (κ1) is 29.4. The molecule has 0 atom stereocenters. The molecule has 0 spiro atoms. The quantitative estimate of drug-likeness (QED) is 0.157. The van der Waals surface area contributed by atoms with Gasteiger partial charge in [0.15, 0.2) is 0 Å².